The number of ether oxygens (including phenoxy) is 1. The fourth-order valence-corrected chi connectivity index (χ4v) is 3.01. The highest BCUT2D eigenvalue weighted by molar-refractivity contribution is 6.28. The first-order valence-electron chi connectivity index (χ1n) is 7.89. The lowest BCUT2D eigenvalue weighted by Gasteiger charge is -2.16. The minimum atomic E-state index is -1.37. The van der Waals surface area contributed by atoms with Gasteiger partial charge in [0.05, 0.1) is 6.33 Å². The van der Waals surface area contributed by atoms with Crippen molar-refractivity contribution in [1.82, 2.24) is 24.8 Å². The summed E-state index contributed by atoms with van der Waals surface area (Å²) < 4.78 is 6.99. The van der Waals surface area contributed by atoms with Crippen molar-refractivity contribution in [3.8, 4) is 0 Å². The number of fused-ring (bicyclic) bond motifs is 1. The van der Waals surface area contributed by atoms with E-state index in [1.165, 1.54) is 17.9 Å². The molecule has 25 heavy (non-hydrogen) atoms. The molecule has 10 nitrogen and oxygen atoms in total. The number of hydrogen-bond donors (Lipinski definition) is 4. The molecule has 4 rings (SSSR count). The molecule has 2 aromatic heterocycles. The predicted molar refractivity (Wildman–Crippen MR) is 87.0 cm³/mol. The summed E-state index contributed by atoms with van der Waals surface area (Å²) in [6.07, 6.45) is -1.40. The zero-order valence-corrected chi connectivity index (χ0v) is 14.0. The summed E-state index contributed by atoms with van der Waals surface area (Å²) in [5, 5.41) is 26.0. The maximum absolute atomic E-state index is 11.8. The summed E-state index contributed by atoms with van der Waals surface area (Å²) in [4.78, 5) is 24.4. The van der Waals surface area contributed by atoms with Gasteiger partial charge in [0, 0.05) is 13.1 Å². The molecule has 0 radical (unpaired) electrons. The molecule has 2 fully saturated rings. The quantitative estimate of drug-likeness (QED) is 0.526. The first-order valence-corrected chi connectivity index (χ1v) is 8.27. The molecule has 1 saturated heterocycles. The van der Waals surface area contributed by atoms with Crippen LogP contribution < -0.4 is 10.6 Å². The van der Waals surface area contributed by atoms with Crippen molar-refractivity contribution < 1.29 is 19.7 Å². The van der Waals surface area contributed by atoms with Gasteiger partial charge in [-0.05, 0) is 24.4 Å². The molecule has 11 heteroatoms. The number of hydrogen-bond acceptors (Lipinski definition) is 8. The van der Waals surface area contributed by atoms with E-state index in [0.717, 1.165) is 12.8 Å². The second kappa shape index (κ2) is 6.06. The molecule has 4 atom stereocenters. The van der Waals surface area contributed by atoms with E-state index in [4.69, 9.17) is 16.3 Å². The molecular formula is C14H17ClN6O4. The summed E-state index contributed by atoms with van der Waals surface area (Å²) in [6, 6.07) is 0.340. The van der Waals surface area contributed by atoms with Gasteiger partial charge < -0.3 is 25.6 Å². The van der Waals surface area contributed by atoms with Gasteiger partial charge >= 0.3 is 0 Å². The van der Waals surface area contributed by atoms with E-state index in [2.05, 4.69) is 25.6 Å². The SMILES string of the molecule is CNC(=O)[C@H]1O[C@@H](n2cnc3c(NC4CC4)nc(Cl)nc32)[C@H](O)[C@@H]1O. The molecule has 134 valence electrons. The molecule has 4 N–H and O–H groups in total. The lowest BCUT2D eigenvalue weighted by molar-refractivity contribution is -0.137. The van der Waals surface area contributed by atoms with Crippen molar-refractivity contribution in [2.75, 3.05) is 12.4 Å². The van der Waals surface area contributed by atoms with E-state index >= 15 is 0 Å². The van der Waals surface area contributed by atoms with Gasteiger partial charge in [-0.2, -0.15) is 9.97 Å². The zero-order valence-electron chi connectivity index (χ0n) is 13.3. The molecule has 0 spiro atoms. The fourth-order valence-electron chi connectivity index (χ4n) is 2.85. The van der Waals surface area contributed by atoms with Gasteiger partial charge in [-0.15, -0.1) is 0 Å². The summed E-state index contributed by atoms with van der Waals surface area (Å²) in [5.74, 6) is -0.0191. The van der Waals surface area contributed by atoms with Crippen LogP contribution in [-0.4, -0.2) is 67.0 Å². The van der Waals surface area contributed by atoms with Gasteiger partial charge in [0.1, 0.15) is 12.2 Å². The molecule has 1 amide bonds. The Bertz CT molecular complexity index is 825. The predicted octanol–water partition coefficient (Wildman–Crippen LogP) is -0.581. The van der Waals surface area contributed by atoms with Gasteiger partial charge in [-0.3, -0.25) is 9.36 Å². The zero-order chi connectivity index (χ0) is 17.7. The number of carbonyl (C=O) groups excluding carboxylic acids is 1. The number of nitrogens with zero attached hydrogens (tertiary/aromatic N) is 4. The lowest BCUT2D eigenvalue weighted by Crippen LogP contribution is -2.41. The maximum Gasteiger partial charge on any atom is 0.251 e. The third-order valence-electron chi connectivity index (χ3n) is 4.33. The van der Waals surface area contributed by atoms with Crippen LogP contribution in [0, 0.1) is 0 Å². The number of aliphatic hydroxyl groups excluding tert-OH is 2. The largest absolute Gasteiger partial charge is 0.387 e. The third-order valence-corrected chi connectivity index (χ3v) is 4.50. The molecule has 0 unspecified atom stereocenters. The monoisotopic (exact) mass is 368 g/mol. The Labute approximate surface area is 147 Å². The van der Waals surface area contributed by atoms with E-state index in [0.29, 0.717) is 23.0 Å². The van der Waals surface area contributed by atoms with E-state index in [1.54, 1.807) is 0 Å². The summed E-state index contributed by atoms with van der Waals surface area (Å²) >= 11 is 6.01. The van der Waals surface area contributed by atoms with Crippen molar-refractivity contribution in [2.45, 2.75) is 43.4 Å². The number of aliphatic hydroxyl groups is 2. The summed E-state index contributed by atoms with van der Waals surface area (Å²) in [7, 11) is 1.42. The highest BCUT2D eigenvalue weighted by Crippen LogP contribution is 2.34. The number of imidazole rings is 1. The van der Waals surface area contributed by atoms with Crippen LogP contribution in [0.4, 0.5) is 5.82 Å². The van der Waals surface area contributed by atoms with Gasteiger partial charge in [0.2, 0.25) is 5.28 Å². The van der Waals surface area contributed by atoms with Gasteiger partial charge in [0.15, 0.2) is 29.3 Å². The molecule has 0 aromatic carbocycles. The number of carbonyl (C=O) groups is 1. The maximum atomic E-state index is 11.8. The molecule has 0 bridgehead atoms. The second-order valence-corrected chi connectivity index (χ2v) is 6.46. The van der Waals surface area contributed by atoms with Crippen molar-refractivity contribution in [2.24, 2.45) is 0 Å². The van der Waals surface area contributed by atoms with Crippen LogP contribution in [0.25, 0.3) is 11.2 Å². The number of aromatic nitrogens is 4. The standard InChI is InChI=1S/C14H17ClN6O4/c1-16-12(24)9-7(22)8(23)13(25-9)21-4-17-6-10(18-5-2-3-5)19-14(15)20-11(6)21/h4-5,7-9,13,22-23H,2-3H2,1H3,(H,16,24)(H,18,19,20)/t7-,8+,9-,13+/m0/s1. The van der Waals surface area contributed by atoms with Crippen molar-refractivity contribution >= 4 is 34.5 Å². The van der Waals surface area contributed by atoms with Gasteiger partial charge in [0.25, 0.3) is 5.91 Å². The van der Waals surface area contributed by atoms with Gasteiger partial charge in [-0.25, -0.2) is 4.98 Å². The van der Waals surface area contributed by atoms with Crippen LogP contribution in [0.1, 0.15) is 19.1 Å². The highest BCUT2D eigenvalue weighted by Gasteiger charge is 2.47. The van der Waals surface area contributed by atoms with E-state index in [-0.39, 0.29) is 5.28 Å². The molecule has 2 aliphatic rings. The number of likely N-dealkylation sites (N-methyl/N-ethyl adjacent to an activating group) is 1. The Balaban J connectivity index is 1.72. The summed E-state index contributed by atoms with van der Waals surface area (Å²) in [6.45, 7) is 0. The van der Waals surface area contributed by atoms with E-state index in [1.807, 2.05) is 0 Å². The normalized spacial score (nSPS) is 29.1. The average molecular weight is 369 g/mol. The molecule has 1 saturated carbocycles. The van der Waals surface area contributed by atoms with Gasteiger partial charge in [-0.1, -0.05) is 0 Å². The Kier molecular flexibility index (Phi) is 3.99. The van der Waals surface area contributed by atoms with Crippen molar-refractivity contribution in [3.63, 3.8) is 0 Å². The van der Waals surface area contributed by atoms with Crippen LogP contribution in [0.5, 0.6) is 0 Å². The van der Waals surface area contributed by atoms with Crippen LogP contribution in [0.2, 0.25) is 5.28 Å². The highest BCUT2D eigenvalue weighted by atomic mass is 35.5. The topological polar surface area (TPSA) is 134 Å². The number of amides is 1. The molecule has 3 heterocycles. The smallest absolute Gasteiger partial charge is 0.251 e. The van der Waals surface area contributed by atoms with E-state index < -0.39 is 30.4 Å². The first-order chi connectivity index (χ1) is 12.0. The molecule has 2 aromatic rings. The minimum Gasteiger partial charge on any atom is -0.387 e. The number of rotatable bonds is 4. The Morgan fingerprint density at radius 2 is 2.12 bits per heavy atom. The third kappa shape index (κ3) is 2.80. The molecule has 1 aliphatic carbocycles. The molecular weight excluding hydrogens is 352 g/mol. The van der Waals surface area contributed by atoms with Crippen molar-refractivity contribution in [1.29, 1.82) is 0 Å². The number of halogens is 1. The lowest BCUT2D eigenvalue weighted by atomic mass is 10.1. The van der Waals surface area contributed by atoms with Crippen molar-refractivity contribution in [3.05, 3.63) is 11.6 Å². The first kappa shape index (κ1) is 16.5. The number of nitrogens with one attached hydrogen (secondary N) is 2. The summed E-state index contributed by atoms with van der Waals surface area (Å²) in [5.41, 5.74) is 0.821. The Morgan fingerprint density at radius 1 is 1.36 bits per heavy atom. The van der Waals surface area contributed by atoms with Crippen LogP contribution in [0.15, 0.2) is 6.33 Å². The second-order valence-electron chi connectivity index (χ2n) is 6.13. The Hall–Kier alpha value is -2.01. The fraction of sp³-hybridized carbons (Fsp3) is 0.571. The van der Waals surface area contributed by atoms with E-state index in [9.17, 15) is 15.0 Å². The Morgan fingerprint density at radius 3 is 2.80 bits per heavy atom. The molecule has 1 aliphatic heterocycles. The number of anilines is 1. The average Bonchev–Trinajstić information content (AvgIpc) is 3.23. The van der Waals surface area contributed by atoms with Crippen LogP contribution in [0.3, 0.4) is 0 Å². The minimum absolute atomic E-state index is 0.0216. The van der Waals surface area contributed by atoms with Crippen LogP contribution in [-0.2, 0) is 9.53 Å². The van der Waals surface area contributed by atoms with Crippen LogP contribution >= 0.6 is 11.6 Å².